The van der Waals surface area contributed by atoms with Crippen LogP contribution in [0.25, 0.3) is 16.7 Å². The number of nitrogens with zero attached hydrogens (tertiary/aromatic N) is 4. The van der Waals surface area contributed by atoms with Gasteiger partial charge in [-0.25, -0.2) is 9.79 Å². The van der Waals surface area contributed by atoms with Crippen molar-refractivity contribution in [3.63, 3.8) is 0 Å². The molecule has 46 heavy (non-hydrogen) atoms. The van der Waals surface area contributed by atoms with Crippen molar-refractivity contribution in [3.05, 3.63) is 95.2 Å². The second-order valence-electron chi connectivity index (χ2n) is 12.6. The molecule has 0 bridgehead atoms. The number of alkyl carbamates (subject to hydrolysis) is 1. The molecule has 0 radical (unpaired) electrons. The van der Waals surface area contributed by atoms with E-state index in [0.29, 0.717) is 31.1 Å². The van der Waals surface area contributed by atoms with Gasteiger partial charge >= 0.3 is 6.09 Å². The Morgan fingerprint density at radius 2 is 1.74 bits per heavy atom. The lowest BCUT2D eigenvalue weighted by Crippen LogP contribution is -2.52. The van der Waals surface area contributed by atoms with Gasteiger partial charge < -0.3 is 15.4 Å². The van der Waals surface area contributed by atoms with Gasteiger partial charge in [-0.1, -0.05) is 66.7 Å². The summed E-state index contributed by atoms with van der Waals surface area (Å²) >= 11 is 0. The van der Waals surface area contributed by atoms with Gasteiger partial charge in [0.1, 0.15) is 24.0 Å². The summed E-state index contributed by atoms with van der Waals surface area (Å²) < 4.78 is 4.80. The Hall–Kier alpha value is -4.89. The van der Waals surface area contributed by atoms with E-state index >= 15 is 0 Å². The average Bonchev–Trinajstić information content (AvgIpc) is 3.91. The minimum atomic E-state index is -0.674. The molecule has 2 amide bonds. The number of allylic oxidation sites excluding steroid dienone is 1. The van der Waals surface area contributed by atoms with Crippen molar-refractivity contribution in [1.82, 2.24) is 10.6 Å². The number of hydrogen-bond acceptors (Lipinski definition) is 7. The normalized spacial score (nSPS) is 24.8. The summed E-state index contributed by atoms with van der Waals surface area (Å²) in [5.74, 6) is 0.481. The van der Waals surface area contributed by atoms with E-state index in [4.69, 9.17) is 19.7 Å². The highest BCUT2D eigenvalue weighted by Gasteiger charge is 2.44. The molecule has 8 rings (SSSR count). The lowest BCUT2D eigenvalue weighted by Gasteiger charge is -2.27. The third kappa shape index (κ3) is 5.14. The maximum Gasteiger partial charge on any atom is 0.407 e. The van der Waals surface area contributed by atoms with Crippen molar-refractivity contribution in [2.24, 2.45) is 15.0 Å². The average molecular weight is 613 g/mol. The molecule has 0 saturated carbocycles. The molecular weight excluding hydrogens is 576 g/mol. The van der Waals surface area contributed by atoms with E-state index in [-0.39, 0.29) is 18.0 Å². The first kappa shape index (κ1) is 28.6. The third-order valence-electron chi connectivity index (χ3n) is 9.86. The molecule has 2 N–H and O–H groups in total. The topological polar surface area (TPSA) is 108 Å². The van der Waals surface area contributed by atoms with Crippen molar-refractivity contribution in [1.29, 1.82) is 0 Å². The first-order valence-corrected chi connectivity index (χ1v) is 16.2. The Kier molecular flexibility index (Phi) is 7.33. The zero-order chi connectivity index (χ0) is 31.2. The van der Waals surface area contributed by atoms with Crippen LogP contribution in [0.4, 0.5) is 10.5 Å². The summed E-state index contributed by atoms with van der Waals surface area (Å²) in [6.07, 6.45) is 8.44. The fourth-order valence-corrected chi connectivity index (χ4v) is 7.42. The number of benzene rings is 3. The number of aryl methyl sites for hydroxylation is 1. The summed E-state index contributed by atoms with van der Waals surface area (Å²) in [5, 5.41) is 6.29. The highest BCUT2D eigenvalue weighted by molar-refractivity contribution is 6.11. The minimum absolute atomic E-state index is 0.154. The SMILES string of the molecule is COC(=O)N[C@H]1CCc2cccc3c2N(C1=O)C(C1=NC(c2ccc(-c4ccc(C5=CN=C([C@@H]6CCCN6)C5)cc4)cc2)C=N1)C3. The maximum absolute atomic E-state index is 13.8. The number of amides is 2. The van der Waals surface area contributed by atoms with E-state index in [2.05, 4.69) is 71.3 Å². The first-order valence-electron chi connectivity index (χ1n) is 16.2. The fraction of sp³-hybridized carbons (Fsp3) is 0.324. The van der Waals surface area contributed by atoms with Crippen molar-refractivity contribution >= 4 is 41.0 Å². The maximum atomic E-state index is 13.8. The zero-order valence-electron chi connectivity index (χ0n) is 25.8. The highest BCUT2D eigenvalue weighted by atomic mass is 16.5. The van der Waals surface area contributed by atoms with Gasteiger partial charge in [-0.15, -0.1) is 0 Å². The van der Waals surface area contributed by atoms with Gasteiger partial charge in [0.25, 0.3) is 0 Å². The predicted molar refractivity (Wildman–Crippen MR) is 181 cm³/mol. The smallest absolute Gasteiger partial charge is 0.407 e. The van der Waals surface area contributed by atoms with Gasteiger partial charge in [0.2, 0.25) is 5.91 Å². The van der Waals surface area contributed by atoms with Crippen LogP contribution in [0.2, 0.25) is 0 Å². The number of anilines is 1. The van der Waals surface area contributed by atoms with Crippen LogP contribution in [0.1, 0.15) is 54.0 Å². The number of nitrogens with one attached hydrogen (secondary N) is 2. The second kappa shape index (κ2) is 11.8. The quantitative estimate of drug-likeness (QED) is 0.386. The monoisotopic (exact) mass is 612 g/mol. The summed E-state index contributed by atoms with van der Waals surface area (Å²) in [6, 6.07) is 22.6. The van der Waals surface area contributed by atoms with Gasteiger partial charge in [0.05, 0.1) is 12.8 Å². The molecule has 4 atom stereocenters. The largest absolute Gasteiger partial charge is 0.453 e. The first-order chi connectivity index (χ1) is 22.6. The summed E-state index contributed by atoms with van der Waals surface area (Å²) in [5.41, 5.74) is 10.2. The van der Waals surface area contributed by atoms with Crippen molar-refractivity contribution in [2.45, 2.75) is 62.7 Å². The molecule has 0 aromatic heterocycles. The van der Waals surface area contributed by atoms with Gasteiger partial charge in [-0.3, -0.25) is 19.7 Å². The fourth-order valence-electron chi connectivity index (χ4n) is 7.42. The molecule has 1 saturated heterocycles. The lowest BCUT2D eigenvalue weighted by atomic mass is 9.96. The van der Waals surface area contributed by atoms with Gasteiger partial charge in [-0.2, -0.15) is 0 Å². The van der Waals surface area contributed by atoms with Crippen LogP contribution < -0.4 is 15.5 Å². The predicted octanol–water partition coefficient (Wildman–Crippen LogP) is 5.44. The molecule has 5 heterocycles. The van der Waals surface area contributed by atoms with Crippen LogP contribution in [0.3, 0.4) is 0 Å². The molecule has 9 nitrogen and oxygen atoms in total. The van der Waals surface area contributed by atoms with E-state index in [1.54, 1.807) is 0 Å². The molecular formula is C37H36N6O3. The summed E-state index contributed by atoms with van der Waals surface area (Å²) in [7, 11) is 1.31. The van der Waals surface area contributed by atoms with E-state index in [0.717, 1.165) is 46.5 Å². The number of ether oxygens (including phenoxy) is 1. The molecule has 1 fully saturated rings. The van der Waals surface area contributed by atoms with E-state index < -0.39 is 12.1 Å². The van der Waals surface area contributed by atoms with E-state index in [1.165, 1.54) is 36.8 Å². The molecule has 0 spiro atoms. The van der Waals surface area contributed by atoms with Gasteiger partial charge in [-0.05, 0) is 71.2 Å². The van der Waals surface area contributed by atoms with Gasteiger partial charge in [0.15, 0.2) is 0 Å². The number of methoxy groups -OCH3 is 1. The molecule has 232 valence electrons. The van der Waals surface area contributed by atoms with Crippen molar-refractivity contribution in [3.8, 4) is 11.1 Å². The molecule has 9 heteroatoms. The molecule has 3 aromatic carbocycles. The number of carbonyl (C=O) groups is 2. The van der Waals surface area contributed by atoms with E-state index in [9.17, 15) is 9.59 Å². The van der Waals surface area contributed by atoms with Crippen LogP contribution in [0.5, 0.6) is 0 Å². The number of rotatable bonds is 6. The van der Waals surface area contributed by atoms with E-state index in [1.807, 2.05) is 23.4 Å². The standard InChI is InChI=1S/C37H36N6O3/c1-46-37(45)42-30-16-15-26-4-2-5-27-19-33(43(34(26)27)36(30)44)35-40-21-32(41-35)25-13-11-23(12-14-25)22-7-9-24(10-8-22)28-18-31(39-20-28)29-6-3-17-38-29/h2,4-5,7-14,20-21,29-30,32-33,38H,3,6,15-19H2,1H3,(H,42,45)/t29-,30-,32?,33?/m0/s1. The van der Waals surface area contributed by atoms with Crippen LogP contribution >= 0.6 is 0 Å². The lowest BCUT2D eigenvalue weighted by molar-refractivity contribution is -0.120. The van der Waals surface area contributed by atoms with Gasteiger partial charge in [0, 0.05) is 37.0 Å². The third-order valence-corrected chi connectivity index (χ3v) is 9.86. The number of aliphatic imine (C=N–C) groups is 3. The number of hydrogen-bond donors (Lipinski definition) is 2. The van der Waals surface area contributed by atoms with Crippen LogP contribution in [-0.4, -0.2) is 61.5 Å². The van der Waals surface area contributed by atoms with Crippen LogP contribution in [0, 0.1) is 0 Å². The Morgan fingerprint density at radius 3 is 2.50 bits per heavy atom. The number of amidine groups is 1. The Bertz CT molecular complexity index is 1820. The molecule has 0 aliphatic carbocycles. The zero-order valence-corrected chi connectivity index (χ0v) is 25.8. The molecule has 5 aliphatic rings. The molecule has 3 aromatic rings. The Morgan fingerprint density at radius 1 is 0.978 bits per heavy atom. The number of para-hydroxylation sites is 1. The Balaban J connectivity index is 0.970. The van der Waals surface area contributed by atoms with Crippen LogP contribution in [0.15, 0.2) is 87.9 Å². The minimum Gasteiger partial charge on any atom is -0.453 e. The second-order valence-corrected chi connectivity index (χ2v) is 12.6. The van der Waals surface area contributed by atoms with Crippen molar-refractivity contribution < 1.29 is 14.3 Å². The van der Waals surface area contributed by atoms with Crippen molar-refractivity contribution in [2.75, 3.05) is 18.6 Å². The summed E-state index contributed by atoms with van der Waals surface area (Å²) in [4.78, 5) is 42.1. The number of carbonyl (C=O) groups excluding carboxylic acids is 2. The van der Waals surface area contributed by atoms with Crippen LogP contribution in [-0.2, 0) is 22.4 Å². The summed E-state index contributed by atoms with van der Waals surface area (Å²) in [6.45, 7) is 1.08. The molecule has 2 unspecified atom stereocenters. The Labute approximate surface area is 268 Å². The molecule has 5 aliphatic heterocycles. The highest BCUT2D eigenvalue weighted by Crippen LogP contribution is 2.40.